The van der Waals surface area contributed by atoms with Crippen molar-refractivity contribution in [2.45, 2.75) is 39.3 Å². The van der Waals surface area contributed by atoms with E-state index in [4.69, 9.17) is 0 Å². The minimum Gasteiger partial charge on any atom is -0.335 e. The lowest BCUT2D eigenvalue weighted by Gasteiger charge is -2.34. The second kappa shape index (κ2) is 6.78. The van der Waals surface area contributed by atoms with Crippen LogP contribution >= 0.6 is 0 Å². The first-order chi connectivity index (χ1) is 10.3. The van der Waals surface area contributed by atoms with Gasteiger partial charge in [-0.1, -0.05) is 13.8 Å². The quantitative estimate of drug-likeness (QED) is 0.835. The predicted octanol–water partition coefficient (Wildman–Crippen LogP) is 0.752. The smallest absolute Gasteiger partial charge is 0.223 e. The normalized spacial score (nSPS) is 18.5. The third-order valence-corrected chi connectivity index (χ3v) is 4.39. The Morgan fingerprint density at radius 3 is 2.86 bits per heavy atom. The number of nitrogens with zero attached hydrogens (tertiary/aromatic N) is 3. The zero-order valence-corrected chi connectivity index (χ0v) is 14.1. The SMILES string of the molecule is CC(C)CC(=O)N1Cc2ccnn2[C@@H](CCNS(C)(=O)=O)C1. The van der Waals surface area contributed by atoms with Crippen molar-refractivity contribution < 1.29 is 13.2 Å². The first-order valence-electron chi connectivity index (χ1n) is 7.51. The molecular formula is C14H24N4O3S. The van der Waals surface area contributed by atoms with Crippen molar-refractivity contribution in [2.24, 2.45) is 5.92 Å². The van der Waals surface area contributed by atoms with Gasteiger partial charge in [-0.15, -0.1) is 0 Å². The van der Waals surface area contributed by atoms with E-state index in [1.807, 2.05) is 29.5 Å². The fourth-order valence-corrected chi connectivity index (χ4v) is 3.17. The zero-order chi connectivity index (χ0) is 16.3. The van der Waals surface area contributed by atoms with Gasteiger partial charge in [-0.05, 0) is 18.4 Å². The van der Waals surface area contributed by atoms with Crippen molar-refractivity contribution in [1.29, 1.82) is 0 Å². The number of rotatable bonds is 6. The molecule has 1 aliphatic rings. The van der Waals surface area contributed by atoms with Crippen LogP contribution in [-0.4, -0.2) is 48.4 Å². The van der Waals surface area contributed by atoms with Gasteiger partial charge in [0, 0.05) is 25.7 Å². The van der Waals surface area contributed by atoms with Crippen LogP contribution in [0.3, 0.4) is 0 Å². The van der Waals surface area contributed by atoms with Gasteiger partial charge in [0.25, 0.3) is 0 Å². The van der Waals surface area contributed by atoms with Crippen LogP contribution in [0.25, 0.3) is 0 Å². The summed E-state index contributed by atoms with van der Waals surface area (Å²) in [7, 11) is -3.19. The van der Waals surface area contributed by atoms with E-state index in [1.165, 1.54) is 0 Å². The number of amides is 1. The highest BCUT2D eigenvalue weighted by molar-refractivity contribution is 7.88. The lowest BCUT2D eigenvalue weighted by Crippen LogP contribution is -2.42. The van der Waals surface area contributed by atoms with E-state index in [0.29, 0.717) is 38.4 Å². The third-order valence-electron chi connectivity index (χ3n) is 3.66. The Bertz CT molecular complexity index is 624. The lowest BCUT2D eigenvalue weighted by atomic mass is 10.1. The molecule has 0 spiro atoms. The molecule has 1 aromatic heterocycles. The fourth-order valence-electron chi connectivity index (χ4n) is 2.68. The van der Waals surface area contributed by atoms with Crippen LogP contribution in [0.4, 0.5) is 0 Å². The molecule has 0 fully saturated rings. The molecule has 22 heavy (non-hydrogen) atoms. The van der Waals surface area contributed by atoms with E-state index in [9.17, 15) is 13.2 Å². The summed E-state index contributed by atoms with van der Waals surface area (Å²) in [5.41, 5.74) is 0.993. The molecule has 8 heteroatoms. The van der Waals surface area contributed by atoms with E-state index in [0.717, 1.165) is 11.9 Å². The highest BCUT2D eigenvalue weighted by Gasteiger charge is 2.28. The van der Waals surface area contributed by atoms with Gasteiger partial charge in [0.2, 0.25) is 15.9 Å². The Kier molecular flexibility index (Phi) is 5.23. The van der Waals surface area contributed by atoms with Crippen LogP contribution in [0.15, 0.2) is 12.3 Å². The maximum Gasteiger partial charge on any atom is 0.223 e. The predicted molar refractivity (Wildman–Crippen MR) is 83.6 cm³/mol. The number of nitrogens with one attached hydrogen (secondary N) is 1. The van der Waals surface area contributed by atoms with Crippen LogP contribution < -0.4 is 4.72 Å². The first kappa shape index (κ1) is 17.0. The van der Waals surface area contributed by atoms with Gasteiger partial charge >= 0.3 is 0 Å². The molecule has 1 aromatic rings. The minimum absolute atomic E-state index is 0.00381. The van der Waals surface area contributed by atoms with Crippen LogP contribution in [-0.2, 0) is 21.4 Å². The van der Waals surface area contributed by atoms with Gasteiger partial charge in [0.15, 0.2) is 0 Å². The van der Waals surface area contributed by atoms with E-state index in [-0.39, 0.29) is 11.9 Å². The standard InChI is InChI=1S/C14H24N4O3S/c1-11(2)8-14(19)17-9-12-4-6-15-18(12)13(10-17)5-7-16-22(3,20)21/h4,6,11,13,16H,5,7-10H2,1-3H3/t13-/m0/s1. The number of aromatic nitrogens is 2. The Morgan fingerprint density at radius 1 is 1.50 bits per heavy atom. The minimum atomic E-state index is -3.19. The van der Waals surface area contributed by atoms with Crippen molar-refractivity contribution in [3.8, 4) is 0 Å². The fraction of sp³-hybridized carbons (Fsp3) is 0.714. The average molecular weight is 328 g/mol. The van der Waals surface area contributed by atoms with E-state index in [2.05, 4.69) is 9.82 Å². The molecule has 1 atom stereocenters. The van der Waals surface area contributed by atoms with Gasteiger partial charge in [-0.25, -0.2) is 13.1 Å². The van der Waals surface area contributed by atoms with Gasteiger partial charge in [0.05, 0.1) is 24.5 Å². The summed E-state index contributed by atoms with van der Waals surface area (Å²) in [5.74, 6) is 0.466. The summed E-state index contributed by atoms with van der Waals surface area (Å²) in [4.78, 5) is 14.2. The number of hydrogen-bond donors (Lipinski definition) is 1. The maximum atomic E-state index is 12.3. The highest BCUT2D eigenvalue weighted by atomic mass is 32.2. The molecule has 0 saturated heterocycles. The average Bonchev–Trinajstić information content (AvgIpc) is 2.84. The molecule has 2 rings (SSSR count). The van der Waals surface area contributed by atoms with Crippen LogP contribution in [0, 0.1) is 5.92 Å². The van der Waals surface area contributed by atoms with Crippen LogP contribution in [0.5, 0.6) is 0 Å². The Hall–Kier alpha value is -1.41. The molecule has 0 aliphatic carbocycles. The molecule has 0 radical (unpaired) electrons. The van der Waals surface area contributed by atoms with Crippen LogP contribution in [0.1, 0.15) is 38.4 Å². The molecule has 2 heterocycles. The molecule has 0 saturated carbocycles. The van der Waals surface area contributed by atoms with Gasteiger partial charge in [-0.3, -0.25) is 9.48 Å². The summed E-state index contributed by atoms with van der Waals surface area (Å²) >= 11 is 0. The molecule has 7 nitrogen and oxygen atoms in total. The first-order valence-corrected chi connectivity index (χ1v) is 9.40. The van der Waals surface area contributed by atoms with Crippen molar-refractivity contribution >= 4 is 15.9 Å². The molecular weight excluding hydrogens is 304 g/mol. The van der Waals surface area contributed by atoms with E-state index in [1.54, 1.807) is 6.20 Å². The monoisotopic (exact) mass is 328 g/mol. The second-order valence-electron chi connectivity index (χ2n) is 6.25. The molecule has 1 N–H and O–H groups in total. The van der Waals surface area contributed by atoms with Gasteiger partial charge < -0.3 is 4.90 Å². The topological polar surface area (TPSA) is 84.3 Å². The van der Waals surface area contributed by atoms with Gasteiger partial charge in [0.1, 0.15) is 0 Å². The summed E-state index contributed by atoms with van der Waals surface area (Å²) in [6.45, 7) is 5.54. The molecule has 1 amide bonds. The molecule has 0 aromatic carbocycles. The van der Waals surface area contributed by atoms with Crippen molar-refractivity contribution in [3.63, 3.8) is 0 Å². The Balaban J connectivity index is 2.04. The lowest BCUT2D eigenvalue weighted by molar-refractivity contribution is -0.134. The summed E-state index contributed by atoms with van der Waals surface area (Å²) in [5, 5.41) is 4.31. The summed E-state index contributed by atoms with van der Waals surface area (Å²) < 4.78 is 26.7. The Labute approximate surface area is 131 Å². The van der Waals surface area contributed by atoms with Crippen molar-refractivity contribution in [1.82, 2.24) is 19.4 Å². The number of carbonyl (C=O) groups is 1. The van der Waals surface area contributed by atoms with Crippen molar-refractivity contribution in [3.05, 3.63) is 18.0 Å². The highest BCUT2D eigenvalue weighted by Crippen LogP contribution is 2.23. The summed E-state index contributed by atoms with van der Waals surface area (Å²) in [6.07, 6.45) is 4.00. The second-order valence-corrected chi connectivity index (χ2v) is 8.08. The third kappa shape index (κ3) is 4.54. The number of hydrogen-bond acceptors (Lipinski definition) is 4. The van der Waals surface area contributed by atoms with Crippen LogP contribution in [0.2, 0.25) is 0 Å². The number of carbonyl (C=O) groups excluding carboxylic acids is 1. The molecule has 0 bridgehead atoms. The van der Waals surface area contributed by atoms with Crippen molar-refractivity contribution in [2.75, 3.05) is 19.3 Å². The molecule has 124 valence electrons. The number of fused-ring (bicyclic) bond motifs is 1. The maximum absolute atomic E-state index is 12.3. The molecule has 1 aliphatic heterocycles. The zero-order valence-electron chi connectivity index (χ0n) is 13.3. The molecule has 0 unspecified atom stereocenters. The largest absolute Gasteiger partial charge is 0.335 e. The van der Waals surface area contributed by atoms with E-state index < -0.39 is 10.0 Å². The number of sulfonamides is 1. The summed E-state index contributed by atoms with van der Waals surface area (Å²) in [6, 6.07) is 1.91. The van der Waals surface area contributed by atoms with Gasteiger partial charge in [-0.2, -0.15) is 5.10 Å². The Morgan fingerprint density at radius 2 is 2.23 bits per heavy atom. The van der Waals surface area contributed by atoms with E-state index >= 15 is 0 Å².